The maximum absolute atomic E-state index is 5.10. The zero-order chi connectivity index (χ0) is 26.5. The van der Waals surface area contributed by atoms with Gasteiger partial charge in [-0.15, -0.1) is 11.4 Å². The normalized spacial score (nSPS) is 12.1. The molecule has 3 nitrogen and oxygen atoms in total. The molecule has 0 saturated carbocycles. The number of fused-ring (bicyclic) bond motifs is 3. The van der Waals surface area contributed by atoms with Crippen molar-refractivity contribution in [2.75, 3.05) is 0 Å². The molecule has 0 spiro atoms. The summed E-state index contributed by atoms with van der Waals surface area (Å²) in [5.41, 5.74) is 5.45. The van der Waals surface area contributed by atoms with Gasteiger partial charge in [0, 0.05) is 27.6 Å². The molecule has 1 heterocycles. The van der Waals surface area contributed by atoms with Gasteiger partial charge in [-0.25, -0.2) is 0 Å². The second-order valence-electron chi connectivity index (χ2n) is 8.83. The van der Waals surface area contributed by atoms with E-state index in [1.54, 1.807) is 0 Å². The summed E-state index contributed by atoms with van der Waals surface area (Å²) in [5.74, 6) is 0. The first-order valence-corrected chi connectivity index (χ1v) is 15.1. The fraction of sp³-hybridized carbons (Fsp3) is 0.0625. The van der Waals surface area contributed by atoms with Crippen LogP contribution in [0, 0.1) is 0 Å². The molecular formula is C32H24Cl2FeN3. The first-order valence-electron chi connectivity index (χ1n) is 12.1. The van der Waals surface area contributed by atoms with Crippen molar-refractivity contribution in [3.05, 3.63) is 121 Å². The molecule has 0 aliphatic carbocycles. The number of hydrogen-bond acceptors (Lipinski definition) is 2. The monoisotopic (exact) mass is 576 g/mol. The van der Waals surface area contributed by atoms with Crippen molar-refractivity contribution in [3.8, 4) is 0 Å². The predicted octanol–water partition coefficient (Wildman–Crippen LogP) is 9.76. The molecule has 0 bridgehead atoms. The van der Waals surface area contributed by atoms with Crippen molar-refractivity contribution >= 4 is 75.3 Å². The maximum atomic E-state index is 5.10. The third-order valence-electron chi connectivity index (χ3n) is 6.46. The van der Waals surface area contributed by atoms with Gasteiger partial charge in [0.1, 0.15) is 0 Å². The van der Waals surface area contributed by atoms with E-state index in [1.807, 2.05) is 44.2 Å². The van der Waals surface area contributed by atoms with Crippen LogP contribution in [0.4, 0.5) is 11.4 Å². The Morgan fingerprint density at radius 2 is 1.05 bits per heavy atom. The molecule has 0 atom stereocenters. The summed E-state index contributed by atoms with van der Waals surface area (Å²) in [5, 5.41) is 6.99. The van der Waals surface area contributed by atoms with Gasteiger partial charge in [-0.1, -0.05) is 97.1 Å². The summed E-state index contributed by atoms with van der Waals surface area (Å²) in [6.07, 6.45) is 0. The van der Waals surface area contributed by atoms with Crippen LogP contribution < -0.4 is 4.98 Å². The van der Waals surface area contributed by atoms with Crippen LogP contribution in [0.2, 0.25) is 0 Å². The van der Waals surface area contributed by atoms with Gasteiger partial charge in [-0.05, 0) is 42.1 Å². The van der Waals surface area contributed by atoms with Crippen molar-refractivity contribution in [1.29, 1.82) is 0 Å². The van der Waals surface area contributed by atoms with Gasteiger partial charge in [0.05, 0.1) is 11.4 Å². The Kier molecular flexibility index (Phi) is 8.26. The SMILES string of the molecule is CC(=Nc1cccc2ccccc12)c1ccc(C(C)=Nc2c3ccccc3cc3ccccc23)[n-]1.[Cl][Fe+][Cl]. The van der Waals surface area contributed by atoms with Gasteiger partial charge < -0.3 is 4.98 Å². The van der Waals surface area contributed by atoms with E-state index in [1.165, 1.54) is 16.2 Å². The van der Waals surface area contributed by atoms with Gasteiger partial charge in [0.2, 0.25) is 0 Å². The van der Waals surface area contributed by atoms with Crippen LogP contribution in [-0.4, -0.2) is 11.4 Å². The Balaban J connectivity index is 0.000000937. The number of nitrogens with zero attached hydrogens (tertiary/aromatic N) is 3. The molecule has 0 fully saturated rings. The van der Waals surface area contributed by atoms with Crippen molar-refractivity contribution in [2.24, 2.45) is 9.98 Å². The molecule has 0 radical (unpaired) electrons. The second kappa shape index (κ2) is 12.0. The molecule has 0 N–H and O–H groups in total. The zero-order valence-corrected chi connectivity index (χ0v) is 23.5. The molecule has 0 aliphatic rings. The molecule has 0 unspecified atom stereocenters. The molecule has 6 rings (SSSR count). The minimum absolute atomic E-state index is 0.194. The van der Waals surface area contributed by atoms with Crippen LogP contribution in [0.1, 0.15) is 25.2 Å². The van der Waals surface area contributed by atoms with Crippen LogP contribution in [0.3, 0.4) is 0 Å². The Hall–Kier alpha value is -3.40. The number of aliphatic imine (C=N–C) groups is 2. The summed E-state index contributed by atoms with van der Waals surface area (Å²) < 4.78 is 0. The summed E-state index contributed by atoms with van der Waals surface area (Å²) >= 11 is 0.194. The van der Waals surface area contributed by atoms with E-state index >= 15 is 0 Å². The average molecular weight is 577 g/mol. The molecule has 38 heavy (non-hydrogen) atoms. The standard InChI is InChI=1S/C32H24N3.2ClH.Fe/c1-21(33-31-17-9-13-23-10-3-6-14-26(23)31)29-18-19-30(35-29)22(2)34-32-27-15-7-4-11-24(27)20-25-12-5-8-16-28(25)32;;;/h3-20H,1-2H3;2*1H;/q-1;;;+3/p-2. The summed E-state index contributed by atoms with van der Waals surface area (Å²) in [6.45, 7) is 4.04. The van der Waals surface area contributed by atoms with E-state index < -0.39 is 0 Å². The van der Waals surface area contributed by atoms with Crippen LogP contribution in [-0.2, 0) is 13.1 Å². The second-order valence-corrected chi connectivity index (χ2v) is 10.6. The Morgan fingerprint density at radius 1 is 0.579 bits per heavy atom. The molecule has 0 saturated heterocycles. The Morgan fingerprint density at radius 3 is 1.66 bits per heavy atom. The number of hydrogen-bond donors (Lipinski definition) is 0. The van der Waals surface area contributed by atoms with Crippen molar-refractivity contribution in [1.82, 2.24) is 4.98 Å². The number of rotatable bonds is 4. The van der Waals surface area contributed by atoms with Gasteiger partial charge >= 0.3 is 33.3 Å². The van der Waals surface area contributed by atoms with Crippen molar-refractivity contribution < 1.29 is 13.1 Å². The van der Waals surface area contributed by atoms with Gasteiger partial charge in [-0.2, -0.15) is 0 Å². The fourth-order valence-electron chi connectivity index (χ4n) is 4.64. The van der Waals surface area contributed by atoms with E-state index in [9.17, 15) is 0 Å². The number of aromatic nitrogens is 1. The van der Waals surface area contributed by atoms with E-state index in [-0.39, 0.29) is 13.1 Å². The zero-order valence-electron chi connectivity index (χ0n) is 20.8. The molecule has 5 aromatic carbocycles. The number of benzene rings is 5. The summed E-state index contributed by atoms with van der Waals surface area (Å²) in [6, 6.07) is 37.6. The summed E-state index contributed by atoms with van der Waals surface area (Å²) in [7, 11) is 9.53. The third-order valence-corrected chi connectivity index (χ3v) is 6.46. The third kappa shape index (κ3) is 5.55. The van der Waals surface area contributed by atoms with E-state index in [0.717, 1.165) is 50.3 Å². The van der Waals surface area contributed by atoms with E-state index in [4.69, 9.17) is 35.2 Å². The number of halogens is 2. The first kappa shape index (κ1) is 26.2. The average Bonchev–Trinajstić information content (AvgIpc) is 3.44. The molecule has 1 aromatic heterocycles. The van der Waals surface area contributed by atoms with Crippen LogP contribution in [0.15, 0.2) is 119 Å². The van der Waals surface area contributed by atoms with Crippen LogP contribution in [0.5, 0.6) is 0 Å². The Bertz CT molecular complexity index is 1740. The van der Waals surface area contributed by atoms with Crippen LogP contribution >= 0.6 is 20.2 Å². The molecular weight excluding hydrogens is 553 g/mol. The van der Waals surface area contributed by atoms with Gasteiger partial charge in [-0.3, -0.25) is 9.98 Å². The minimum atomic E-state index is 0.194. The topological polar surface area (TPSA) is 38.8 Å². The first-order chi connectivity index (χ1) is 18.6. The molecule has 6 heteroatoms. The molecule has 189 valence electrons. The van der Waals surface area contributed by atoms with Crippen molar-refractivity contribution in [3.63, 3.8) is 0 Å². The van der Waals surface area contributed by atoms with Crippen molar-refractivity contribution in [2.45, 2.75) is 13.8 Å². The Labute approximate surface area is 236 Å². The molecule has 0 amide bonds. The summed E-state index contributed by atoms with van der Waals surface area (Å²) in [4.78, 5) is 14.9. The van der Waals surface area contributed by atoms with E-state index in [0.29, 0.717) is 0 Å². The molecule has 0 aliphatic heterocycles. The van der Waals surface area contributed by atoms with E-state index in [2.05, 4.69) is 78.9 Å². The fourth-order valence-corrected chi connectivity index (χ4v) is 4.64. The predicted molar refractivity (Wildman–Crippen MR) is 161 cm³/mol. The van der Waals surface area contributed by atoms with Crippen LogP contribution in [0.25, 0.3) is 32.3 Å². The molecule has 6 aromatic rings. The quantitative estimate of drug-likeness (QED) is 0.117. The van der Waals surface area contributed by atoms with Gasteiger partial charge in [0.25, 0.3) is 0 Å². The van der Waals surface area contributed by atoms with Gasteiger partial charge in [0.15, 0.2) is 0 Å².